The maximum Gasteiger partial charge on any atom is 0.159 e. The summed E-state index contributed by atoms with van der Waals surface area (Å²) in [7, 11) is -1.03. The second-order valence-electron chi connectivity index (χ2n) is 4.99. The first-order chi connectivity index (χ1) is 6.38. The first-order valence-electron chi connectivity index (χ1n) is 4.98. The minimum atomic E-state index is -1.03. The minimum absolute atomic E-state index is 0.143. The van der Waals surface area contributed by atoms with E-state index in [-0.39, 0.29) is 5.78 Å². The Bertz CT molecular complexity index is 319. The third-order valence-corrected chi connectivity index (χ3v) is 3.56. The van der Waals surface area contributed by atoms with E-state index in [4.69, 9.17) is 0 Å². The summed E-state index contributed by atoms with van der Waals surface area (Å²) in [6.45, 7) is 8.66. The normalized spacial score (nSPS) is 11.4. The highest BCUT2D eigenvalue weighted by molar-refractivity contribution is 6.75. The van der Waals surface area contributed by atoms with Crippen LogP contribution >= 0.6 is 0 Å². The van der Waals surface area contributed by atoms with Crippen LogP contribution in [0.15, 0.2) is 24.3 Å². The third kappa shape index (κ3) is 3.46. The van der Waals surface area contributed by atoms with Crippen LogP contribution in [0.5, 0.6) is 0 Å². The maximum absolute atomic E-state index is 11.1. The molecular weight excluding hydrogens is 188 g/mol. The lowest BCUT2D eigenvalue weighted by Gasteiger charge is -2.15. The van der Waals surface area contributed by atoms with Gasteiger partial charge in [0.2, 0.25) is 0 Å². The van der Waals surface area contributed by atoms with Crippen molar-refractivity contribution in [3.8, 4) is 0 Å². The molecule has 0 aliphatic carbocycles. The lowest BCUT2D eigenvalue weighted by molar-refractivity contribution is 0.101. The van der Waals surface area contributed by atoms with Crippen molar-refractivity contribution in [2.75, 3.05) is 0 Å². The Kier molecular flexibility index (Phi) is 3.27. The smallest absolute Gasteiger partial charge is 0.159 e. The number of rotatable bonds is 3. The average molecular weight is 206 g/mol. The number of carbonyl (C=O) groups excluding carboxylic acids is 1. The molecule has 2 heteroatoms. The zero-order valence-corrected chi connectivity index (χ0v) is 10.4. The third-order valence-electron chi connectivity index (χ3n) is 2.09. The molecule has 1 rings (SSSR count). The highest BCUT2D eigenvalue weighted by atomic mass is 28.3. The van der Waals surface area contributed by atoms with Crippen molar-refractivity contribution in [1.29, 1.82) is 0 Å². The summed E-state index contributed by atoms with van der Waals surface area (Å²) in [6, 6.07) is 9.20. The van der Waals surface area contributed by atoms with Crippen LogP contribution < -0.4 is 0 Å². The van der Waals surface area contributed by atoms with Gasteiger partial charge in [-0.15, -0.1) is 0 Å². The van der Waals surface area contributed by atoms with E-state index in [0.717, 1.165) is 5.56 Å². The topological polar surface area (TPSA) is 17.1 Å². The molecule has 0 aromatic heterocycles. The maximum atomic E-state index is 11.1. The Labute approximate surface area is 87.2 Å². The first-order valence-corrected chi connectivity index (χ1v) is 8.69. The summed E-state index contributed by atoms with van der Waals surface area (Å²) in [5, 5.41) is 0. The highest BCUT2D eigenvalue weighted by Gasteiger charge is 2.13. The van der Waals surface area contributed by atoms with E-state index >= 15 is 0 Å². The second-order valence-corrected chi connectivity index (χ2v) is 10.5. The van der Waals surface area contributed by atoms with E-state index in [1.807, 2.05) is 12.1 Å². The summed E-state index contributed by atoms with van der Waals surface area (Å²) in [5.74, 6) is 0.143. The van der Waals surface area contributed by atoms with Gasteiger partial charge in [0.15, 0.2) is 5.78 Å². The van der Waals surface area contributed by atoms with Crippen LogP contribution in [0.25, 0.3) is 0 Å². The molecule has 0 atom stereocenters. The summed E-state index contributed by atoms with van der Waals surface area (Å²) in [4.78, 5) is 11.1. The highest BCUT2D eigenvalue weighted by Crippen LogP contribution is 2.12. The quantitative estimate of drug-likeness (QED) is 0.548. The van der Waals surface area contributed by atoms with Gasteiger partial charge in [-0.25, -0.2) is 0 Å². The number of hydrogen-bond donors (Lipinski definition) is 0. The molecule has 0 heterocycles. The van der Waals surface area contributed by atoms with Gasteiger partial charge in [-0.2, -0.15) is 0 Å². The van der Waals surface area contributed by atoms with Crippen LogP contribution in [0.2, 0.25) is 19.6 Å². The van der Waals surface area contributed by atoms with Gasteiger partial charge in [0, 0.05) is 13.6 Å². The summed E-state index contributed by atoms with van der Waals surface area (Å²) in [5.41, 5.74) is 2.17. The van der Waals surface area contributed by atoms with Crippen LogP contribution in [0.1, 0.15) is 22.8 Å². The molecule has 76 valence electrons. The van der Waals surface area contributed by atoms with E-state index in [2.05, 4.69) is 31.8 Å². The number of benzene rings is 1. The monoisotopic (exact) mass is 206 g/mol. The number of ketones is 1. The zero-order valence-electron chi connectivity index (χ0n) is 9.42. The van der Waals surface area contributed by atoms with Gasteiger partial charge >= 0.3 is 0 Å². The van der Waals surface area contributed by atoms with Crippen LogP contribution in [-0.4, -0.2) is 13.9 Å². The van der Waals surface area contributed by atoms with E-state index in [1.165, 1.54) is 11.6 Å². The Morgan fingerprint density at radius 2 is 1.64 bits per heavy atom. The van der Waals surface area contributed by atoms with Crippen molar-refractivity contribution in [3.05, 3.63) is 35.4 Å². The molecule has 14 heavy (non-hydrogen) atoms. The van der Waals surface area contributed by atoms with Gasteiger partial charge in [-0.1, -0.05) is 49.5 Å². The van der Waals surface area contributed by atoms with Crippen LogP contribution in [0.4, 0.5) is 0 Å². The Morgan fingerprint density at radius 1 is 1.14 bits per heavy atom. The molecule has 0 aliphatic heterocycles. The molecule has 0 radical (unpaired) electrons. The molecular formula is C12H18OSi. The number of Topliss-reactive ketones (excluding diaryl/α,β-unsaturated/α-hetero) is 1. The molecule has 0 spiro atoms. The molecule has 0 N–H and O–H groups in total. The van der Waals surface area contributed by atoms with Crippen molar-refractivity contribution >= 4 is 13.9 Å². The zero-order chi connectivity index (χ0) is 10.8. The standard InChI is InChI=1S/C12H18OSi/c1-10(13)12-7-5-11(6-8-12)9-14(2,3)4/h5-8H,9H2,1-4H3. The van der Waals surface area contributed by atoms with Crippen LogP contribution in [0, 0.1) is 0 Å². The predicted octanol–water partition coefficient (Wildman–Crippen LogP) is 3.31. The molecule has 0 unspecified atom stereocenters. The van der Waals surface area contributed by atoms with E-state index in [9.17, 15) is 4.79 Å². The molecule has 1 aromatic carbocycles. The van der Waals surface area contributed by atoms with Crippen molar-refractivity contribution in [2.45, 2.75) is 32.6 Å². The number of hydrogen-bond acceptors (Lipinski definition) is 1. The Morgan fingerprint density at radius 3 is 2.00 bits per heavy atom. The van der Waals surface area contributed by atoms with Crippen molar-refractivity contribution in [2.24, 2.45) is 0 Å². The molecule has 1 aromatic rings. The van der Waals surface area contributed by atoms with Gasteiger partial charge in [-0.3, -0.25) is 4.79 Å². The van der Waals surface area contributed by atoms with Crippen molar-refractivity contribution < 1.29 is 4.79 Å². The average Bonchev–Trinajstić information content (AvgIpc) is 2.02. The lowest BCUT2D eigenvalue weighted by Crippen LogP contribution is -2.23. The molecule has 0 aliphatic rings. The van der Waals surface area contributed by atoms with Gasteiger partial charge < -0.3 is 0 Å². The molecule has 0 fully saturated rings. The van der Waals surface area contributed by atoms with Gasteiger partial charge in [0.25, 0.3) is 0 Å². The van der Waals surface area contributed by atoms with Crippen molar-refractivity contribution in [1.82, 2.24) is 0 Å². The predicted molar refractivity (Wildman–Crippen MR) is 63.5 cm³/mol. The summed E-state index contributed by atoms with van der Waals surface area (Å²) < 4.78 is 0. The van der Waals surface area contributed by atoms with E-state index < -0.39 is 8.07 Å². The minimum Gasteiger partial charge on any atom is -0.295 e. The SMILES string of the molecule is CC(=O)c1ccc(C[Si](C)(C)C)cc1. The molecule has 1 nitrogen and oxygen atoms in total. The molecule has 0 amide bonds. The van der Waals surface area contributed by atoms with Gasteiger partial charge in [0.05, 0.1) is 0 Å². The van der Waals surface area contributed by atoms with E-state index in [1.54, 1.807) is 6.92 Å². The first kappa shape index (κ1) is 11.2. The van der Waals surface area contributed by atoms with Crippen molar-refractivity contribution in [3.63, 3.8) is 0 Å². The Hall–Kier alpha value is -0.893. The molecule has 0 bridgehead atoms. The van der Waals surface area contributed by atoms with Crippen LogP contribution in [-0.2, 0) is 6.04 Å². The number of carbonyl (C=O) groups is 1. The fraction of sp³-hybridized carbons (Fsp3) is 0.417. The molecule has 0 saturated carbocycles. The van der Waals surface area contributed by atoms with Crippen LogP contribution in [0.3, 0.4) is 0 Å². The summed E-state index contributed by atoms with van der Waals surface area (Å²) in [6.07, 6.45) is 0. The van der Waals surface area contributed by atoms with E-state index in [0.29, 0.717) is 0 Å². The fourth-order valence-electron chi connectivity index (χ4n) is 1.47. The van der Waals surface area contributed by atoms with Gasteiger partial charge in [0.1, 0.15) is 0 Å². The van der Waals surface area contributed by atoms with Gasteiger partial charge in [-0.05, 0) is 13.0 Å². The fourth-order valence-corrected chi connectivity index (χ4v) is 2.93. The Balaban J connectivity index is 2.79. The lowest BCUT2D eigenvalue weighted by atomic mass is 10.1. The second kappa shape index (κ2) is 4.09. The largest absolute Gasteiger partial charge is 0.295 e. The molecule has 0 saturated heterocycles. The summed E-state index contributed by atoms with van der Waals surface area (Å²) >= 11 is 0.